The summed E-state index contributed by atoms with van der Waals surface area (Å²) in [5.74, 6) is 0.680. The van der Waals surface area contributed by atoms with Crippen LogP contribution in [-0.2, 0) is 11.2 Å². The summed E-state index contributed by atoms with van der Waals surface area (Å²) in [7, 11) is 0. The maximum absolute atomic E-state index is 13.2. The summed E-state index contributed by atoms with van der Waals surface area (Å²) in [5, 5.41) is 6.65. The van der Waals surface area contributed by atoms with Crippen LogP contribution in [0.25, 0.3) is 0 Å². The summed E-state index contributed by atoms with van der Waals surface area (Å²) in [5.41, 5.74) is 1.03. The summed E-state index contributed by atoms with van der Waals surface area (Å²) >= 11 is 0. The molecule has 1 aliphatic rings. The van der Waals surface area contributed by atoms with E-state index in [4.69, 9.17) is 9.73 Å². The summed E-state index contributed by atoms with van der Waals surface area (Å²) in [4.78, 5) is 7.12. The third-order valence-electron chi connectivity index (χ3n) is 4.35. The highest BCUT2D eigenvalue weighted by Crippen LogP contribution is 2.06. The first-order valence-corrected chi connectivity index (χ1v) is 9.27. The first kappa shape index (κ1) is 23.1. The largest absolute Gasteiger partial charge is 0.379 e. The molecule has 1 aliphatic heterocycles. The number of morpholine rings is 1. The molecule has 1 aromatic rings. The average Bonchev–Trinajstić information content (AvgIpc) is 2.63. The standard InChI is InChI=1S/C19H31FN4O.HI/c1-3-21-19(23-15-16(2)24-10-12-25-13-11-24)22-9-5-7-17-6-4-8-18(20)14-17;/h4,6,8,14,16H,3,5,7,9-13,15H2,1-2H3,(H2,21,22,23);1H. The number of rotatable bonds is 8. The number of halogens is 2. The SMILES string of the molecule is CCNC(=NCC(C)N1CCOCC1)NCCCc1cccc(F)c1.I. The molecule has 1 fully saturated rings. The predicted molar refractivity (Wildman–Crippen MR) is 116 cm³/mol. The summed E-state index contributed by atoms with van der Waals surface area (Å²) < 4.78 is 18.6. The van der Waals surface area contributed by atoms with Crippen LogP contribution in [0.3, 0.4) is 0 Å². The van der Waals surface area contributed by atoms with Gasteiger partial charge in [0.05, 0.1) is 19.8 Å². The number of aryl methyl sites for hydroxylation is 1. The molecule has 0 spiro atoms. The fraction of sp³-hybridized carbons (Fsp3) is 0.632. The van der Waals surface area contributed by atoms with Crippen molar-refractivity contribution in [3.8, 4) is 0 Å². The molecule has 0 saturated carbocycles. The third-order valence-corrected chi connectivity index (χ3v) is 4.35. The molecule has 0 amide bonds. The van der Waals surface area contributed by atoms with E-state index < -0.39 is 0 Å². The minimum absolute atomic E-state index is 0. The van der Waals surface area contributed by atoms with Crippen LogP contribution in [0.1, 0.15) is 25.8 Å². The number of hydrogen-bond donors (Lipinski definition) is 2. The maximum Gasteiger partial charge on any atom is 0.191 e. The van der Waals surface area contributed by atoms with Gasteiger partial charge in [0.2, 0.25) is 0 Å². The van der Waals surface area contributed by atoms with Crippen molar-refractivity contribution in [2.45, 2.75) is 32.7 Å². The highest BCUT2D eigenvalue weighted by Gasteiger charge is 2.16. The number of benzene rings is 1. The minimum Gasteiger partial charge on any atom is -0.379 e. The number of hydrogen-bond acceptors (Lipinski definition) is 3. The van der Waals surface area contributed by atoms with Crippen molar-refractivity contribution < 1.29 is 9.13 Å². The molecule has 0 aliphatic carbocycles. The Bertz CT molecular complexity index is 538. The lowest BCUT2D eigenvalue weighted by molar-refractivity contribution is 0.0220. The predicted octanol–water partition coefficient (Wildman–Crippen LogP) is 2.65. The molecule has 0 bridgehead atoms. The van der Waals surface area contributed by atoms with Crippen LogP contribution in [0, 0.1) is 5.82 Å². The van der Waals surface area contributed by atoms with Gasteiger partial charge in [-0.25, -0.2) is 4.39 Å². The lowest BCUT2D eigenvalue weighted by atomic mass is 10.1. The molecule has 1 saturated heterocycles. The lowest BCUT2D eigenvalue weighted by Crippen LogP contribution is -2.44. The molecule has 0 aromatic heterocycles. The quantitative estimate of drug-likeness (QED) is 0.261. The van der Waals surface area contributed by atoms with Crippen LogP contribution in [-0.4, -0.2) is 62.8 Å². The van der Waals surface area contributed by atoms with Gasteiger partial charge in [-0.3, -0.25) is 9.89 Å². The van der Waals surface area contributed by atoms with E-state index in [9.17, 15) is 4.39 Å². The van der Waals surface area contributed by atoms with Crippen molar-refractivity contribution in [1.82, 2.24) is 15.5 Å². The number of ether oxygens (including phenoxy) is 1. The molecule has 26 heavy (non-hydrogen) atoms. The van der Waals surface area contributed by atoms with Gasteiger partial charge in [0.25, 0.3) is 0 Å². The van der Waals surface area contributed by atoms with Gasteiger partial charge in [-0.2, -0.15) is 0 Å². The van der Waals surface area contributed by atoms with Crippen molar-refractivity contribution in [3.63, 3.8) is 0 Å². The van der Waals surface area contributed by atoms with Crippen LogP contribution in [0.2, 0.25) is 0 Å². The Kier molecular flexibility index (Phi) is 11.8. The molecule has 148 valence electrons. The molecule has 1 heterocycles. The first-order chi connectivity index (χ1) is 12.2. The zero-order valence-electron chi connectivity index (χ0n) is 15.8. The minimum atomic E-state index is -0.169. The van der Waals surface area contributed by atoms with Gasteiger partial charge in [-0.15, -0.1) is 24.0 Å². The topological polar surface area (TPSA) is 48.9 Å². The zero-order chi connectivity index (χ0) is 17.9. The Hall–Kier alpha value is -0.930. The second-order valence-corrected chi connectivity index (χ2v) is 6.38. The molecule has 0 radical (unpaired) electrons. The van der Waals surface area contributed by atoms with Crippen molar-refractivity contribution in [3.05, 3.63) is 35.6 Å². The van der Waals surface area contributed by atoms with E-state index in [2.05, 4.69) is 29.4 Å². The molecule has 1 unspecified atom stereocenters. The van der Waals surface area contributed by atoms with Crippen LogP contribution < -0.4 is 10.6 Å². The van der Waals surface area contributed by atoms with Crippen LogP contribution in [0.4, 0.5) is 4.39 Å². The van der Waals surface area contributed by atoms with E-state index in [0.717, 1.165) is 70.3 Å². The molecule has 5 nitrogen and oxygen atoms in total. The summed E-state index contributed by atoms with van der Waals surface area (Å²) in [6.45, 7) is 10.3. The number of aliphatic imine (C=N–C) groups is 1. The van der Waals surface area contributed by atoms with Crippen molar-refractivity contribution in [1.29, 1.82) is 0 Å². The van der Waals surface area contributed by atoms with Gasteiger partial charge in [-0.1, -0.05) is 12.1 Å². The average molecular weight is 478 g/mol. The van der Waals surface area contributed by atoms with Gasteiger partial charge in [0, 0.05) is 32.2 Å². The number of nitrogens with one attached hydrogen (secondary N) is 2. The lowest BCUT2D eigenvalue weighted by Gasteiger charge is -2.31. The van der Waals surface area contributed by atoms with Gasteiger partial charge in [0.1, 0.15) is 5.82 Å². The highest BCUT2D eigenvalue weighted by molar-refractivity contribution is 14.0. The van der Waals surface area contributed by atoms with E-state index in [1.54, 1.807) is 12.1 Å². The monoisotopic (exact) mass is 478 g/mol. The van der Waals surface area contributed by atoms with Gasteiger partial charge < -0.3 is 15.4 Å². The Balaban J connectivity index is 0.00000338. The summed E-state index contributed by atoms with van der Waals surface area (Å²) in [6.07, 6.45) is 1.79. The van der Waals surface area contributed by atoms with Crippen molar-refractivity contribution in [2.24, 2.45) is 4.99 Å². The van der Waals surface area contributed by atoms with Crippen LogP contribution in [0.5, 0.6) is 0 Å². The Morgan fingerprint density at radius 3 is 2.77 bits per heavy atom. The highest BCUT2D eigenvalue weighted by atomic mass is 127. The van der Waals surface area contributed by atoms with Crippen LogP contribution in [0.15, 0.2) is 29.3 Å². The summed E-state index contributed by atoms with van der Waals surface area (Å²) in [6, 6.07) is 7.21. The molecular weight excluding hydrogens is 446 g/mol. The van der Waals surface area contributed by atoms with Gasteiger partial charge in [-0.05, 0) is 44.4 Å². The Labute approximate surface area is 173 Å². The second kappa shape index (κ2) is 13.3. The smallest absolute Gasteiger partial charge is 0.191 e. The van der Waals surface area contributed by atoms with E-state index in [1.165, 1.54) is 6.07 Å². The molecular formula is C19H32FIN4O. The van der Waals surface area contributed by atoms with Gasteiger partial charge in [0.15, 0.2) is 5.96 Å². The number of guanidine groups is 1. The van der Waals surface area contributed by atoms with E-state index in [0.29, 0.717) is 6.04 Å². The van der Waals surface area contributed by atoms with Gasteiger partial charge >= 0.3 is 0 Å². The molecule has 1 atom stereocenters. The molecule has 1 aromatic carbocycles. The van der Waals surface area contributed by atoms with E-state index >= 15 is 0 Å². The maximum atomic E-state index is 13.2. The fourth-order valence-electron chi connectivity index (χ4n) is 2.89. The van der Waals surface area contributed by atoms with E-state index in [1.807, 2.05) is 6.07 Å². The molecule has 2 rings (SSSR count). The molecule has 2 N–H and O–H groups in total. The number of nitrogens with zero attached hydrogens (tertiary/aromatic N) is 2. The Morgan fingerprint density at radius 2 is 2.08 bits per heavy atom. The Morgan fingerprint density at radius 1 is 1.31 bits per heavy atom. The zero-order valence-corrected chi connectivity index (χ0v) is 18.2. The van der Waals surface area contributed by atoms with Crippen molar-refractivity contribution in [2.75, 3.05) is 45.9 Å². The normalized spacial score (nSPS) is 16.7. The first-order valence-electron chi connectivity index (χ1n) is 9.27. The van der Waals surface area contributed by atoms with Crippen molar-refractivity contribution >= 4 is 29.9 Å². The second-order valence-electron chi connectivity index (χ2n) is 6.38. The fourth-order valence-corrected chi connectivity index (χ4v) is 2.89. The van der Waals surface area contributed by atoms with Crippen LogP contribution >= 0.6 is 24.0 Å². The van der Waals surface area contributed by atoms with E-state index in [-0.39, 0.29) is 29.8 Å². The molecule has 7 heteroatoms. The third kappa shape index (κ3) is 8.64.